The number of amides is 1. The summed E-state index contributed by atoms with van der Waals surface area (Å²) in [5, 5.41) is 0. The Balaban J connectivity index is 1.64. The van der Waals surface area contributed by atoms with Crippen LogP contribution in [0.1, 0.15) is 37.1 Å². The number of nitrogens with zero attached hydrogens (tertiary/aromatic N) is 2. The summed E-state index contributed by atoms with van der Waals surface area (Å²) in [5.74, 6) is 1.57. The largest absolute Gasteiger partial charge is 0.342 e. The summed E-state index contributed by atoms with van der Waals surface area (Å²) in [5.41, 5.74) is 3.37. The van der Waals surface area contributed by atoms with Gasteiger partial charge < -0.3 is 9.88 Å². The molecular formula is C19H23N3O. The van der Waals surface area contributed by atoms with E-state index in [9.17, 15) is 4.79 Å². The lowest BCUT2D eigenvalue weighted by molar-refractivity contribution is -0.127. The lowest BCUT2D eigenvalue weighted by Crippen LogP contribution is -2.37. The molecule has 4 heteroatoms. The number of allylic oxidation sites excluding steroid dienone is 3. The van der Waals surface area contributed by atoms with Crippen molar-refractivity contribution in [3.8, 4) is 0 Å². The molecule has 0 saturated carbocycles. The van der Waals surface area contributed by atoms with Crippen molar-refractivity contribution in [2.24, 2.45) is 0 Å². The van der Waals surface area contributed by atoms with Gasteiger partial charge in [-0.1, -0.05) is 24.3 Å². The summed E-state index contributed by atoms with van der Waals surface area (Å²) in [4.78, 5) is 22.2. The number of rotatable bonds is 3. The lowest BCUT2D eigenvalue weighted by atomic mass is 9.96. The molecule has 120 valence electrons. The number of imidazole rings is 1. The zero-order valence-corrected chi connectivity index (χ0v) is 13.7. The average Bonchev–Trinajstić information content (AvgIpc) is 2.98. The Kier molecular flexibility index (Phi) is 4.60. The van der Waals surface area contributed by atoms with E-state index in [4.69, 9.17) is 4.98 Å². The first kappa shape index (κ1) is 15.5. The van der Waals surface area contributed by atoms with E-state index in [1.54, 1.807) is 12.2 Å². The van der Waals surface area contributed by atoms with Crippen LogP contribution in [-0.4, -0.2) is 33.9 Å². The number of fused-ring (bicyclic) bond motifs is 1. The average molecular weight is 309 g/mol. The van der Waals surface area contributed by atoms with E-state index in [2.05, 4.69) is 30.1 Å². The second-order valence-electron chi connectivity index (χ2n) is 6.13. The molecule has 0 atom stereocenters. The second kappa shape index (κ2) is 6.82. The third-order valence-electron chi connectivity index (χ3n) is 4.39. The topological polar surface area (TPSA) is 49.0 Å². The molecule has 1 aliphatic heterocycles. The van der Waals surface area contributed by atoms with Gasteiger partial charge in [0.1, 0.15) is 5.82 Å². The Morgan fingerprint density at radius 1 is 1.30 bits per heavy atom. The van der Waals surface area contributed by atoms with E-state index in [1.165, 1.54) is 5.56 Å². The van der Waals surface area contributed by atoms with Crippen LogP contribution in [0.15, 0.2) is 42.5 Å². The first-order valence-electron chi connectivity index (χ1n) is 8.22. The van der Waals surface area contributed by atoms with Crippen LogP contribution in [-0.2, 0) is 4.79 Å². The Morgan fingerprint density at radius 2 is 2.09 bits per heavy atom. The highest BCUT2D eigenvalue weighted by atomic mass is 16.2. The van der Waals surface area contributed by atoms with Gasteiger partial charge in [-0.05, 0) is 44.4 Å². The summed E-state index contributed by atoms with van der Waals surface area (Å²) < 4.78 is 0. The molecule has 0 unspecified atom stereocenters. The number of likely N-dealkylation sites (tertiary alicyclic amines) is 1. The summed E-state index contributed by atoms with van der Waals surface area (Å²) in [6.45, 7) is 5.61. The monoisotopic (exact) mass is 309 g/mol. The van der Waals surface area contributed by atoms with Gasteiger partial charge in [-0.25, -0.2) is 4.98 Å². The summed E-state index contributed by atoms with van der Waals surface area (Å²) in [6, 6.07) is 6.29. The van der Waals surface area contributed by atoms with Gasteiger partial charge in [0.05, 0.1) is 11.0 Å². The van der Waals surface area contributed by atoms with Gasteiger partial charge in [0, 0.05) is 25.1 Å². The number of piperidine rings is 1. The van der Waals surface area contributed by atoms with Crippen LogP contribution in [0, 0.1) is 6.92 Å². The van der Waals surface area contributed by atoms with Crippen molar-refractivity contribution >= 4 is 16.9 Å². The van der Waals surface area contributed by atoms with Gasteiger partial charge in [-0.3, -0.25) is 4.79 Å². The van der Waals surface area contributed by atoms with Crippen molar-refractivity contribution in [1.82, 2.24) is 14.9 Å². The Hall–Kier alpha value is -2.36. The molecule has 2 aromatic rings. The molecule has 0 aliphatic carbocycles. The maximum atomic E-state index is 12.1. The van der Waals surface area contributed by atoms with E-state index < -0.39 is 0 Å². The highest BCUT2D eigenvalue weighted by Crippen LogP contribution is 2.28. The third kappa shape index (κ3) is 3.52. The number of aromatic amines is 1. The first-order chi connectivity index (χ1) is 11.2. The highest BCUT2D eigenvalue weighted by Gasteiger charge is 2.24. The smallest absolute Gasteiger partial charge is 0.246 e. The van der Waals surface area contributed by atoms with E-state index in [1.807, 2.05) is 24.0 Å². The van der Waals surface area contributed by atoms with Crippen LogP contribution in [0.4, 0.5) is 0 Å². The quantitative estimate of drug-likeness (QED) is 0.694. The van der Waals surface area contributed by atoms with Crippen LogP contribution in [0.25, 0.3) is 11.0 Å². The summed E-state index contributed by atoms with van der Waals surface area (Å²) in [7, 11) is 0. The zero-order chi connectivity index (χ0) is 16.2. The van der Waals surface area contributed by atoms with Gasteiger partial charge in [0.25, 0.3) is 0 Å². The molecule has 0 spiro atoms. The maximum absolute atomic E-state index is 12.1. The molecular weight excluding hydrogens is 286 g/mol. The minimum Gasteiger partial charge on any atom is -0.342 e. The molecule has 1 N–H and O–H groups in total. The van der Waals surface area contributed by atoms with Crippen LogP contribution >= 0.6 is 0 Å². The second-order valence-corrected chi connectivity index (χ2v) is 6.13. The Bertz CT molecular complexity index is 749. The number of nitrogens with one attached hydrogen (secondary N) is 1. The molecule has 1 amide bonds. The number of carbonyl (C=O) groups excluding carboxylic acids is 1. The van der Waals surface area contributed by atoms with Crippen molar-refractivity contribution in [2.45, 2.75) is 32.6 Å². The number of aromatic nitrogens is 2. The number of benzene rings is 1. The standard InChI is InChI=1S/C19H23N3O/c1-3-4-5-6-18(23)22-11-9-15(10-12-22)19-20-16-8-7-14(2)13-17(16)21-19/h3-8,13,15H,9-12H2,1-2H3,(H,20,21)/b4-3+,6-5+. The van der Waals surface area contributed by atoms with E-state index >= 15 is 0 Å². The number of hydrogen-bond donors (Lipinski definition) is 1. The minimum absolute atomic E-state index is 0.0989. The van der Waals surface area contributed by atoms with Crippen molar-refractivity contribution in [3.63, 3.8) is 0 Å². The molecule has 4 nitrogen and oxygen atoms in total. The van der Waals surface area contributed by atoms with Crippen molar-refractivity contribution in [3.05, 3.63) is 53.9 Å². The molecule has 23 heavy (non-hydrogen) atoms. The lowest BCUT2D eigenvalue weighted by Gasteiger charge is -2.30. The number of hydrogen-bond acceptors (Lipinski definition) is 2. The Morgan fingerprint density at radius 3 is 2.83 bits per heavy atom. The van der Waals surface area contributed by atoms with Crippen LogP contribution in [0.5, 0.6) is 0 Å². The summed E-state index contributed by atoms with van der Waals surface area (Å²) in [6.07, 6.45) is 9.16. The Labute approximate surface area is 136 Å². The van der Waals surface area contributed by atoms with Gasteiger partial charge in [-0.15, -0.1) is 0 Å². The van der Waals surface area contributed by atoms with Crippen LogP contribution in [0.2, 0.25) is 0 Å². The predicted molar refractivity (Wildman–Crippen MR) is 93.3 cm³/mol. The molecule has 2 heterocycles. The number of aryl methyl sites for hydroxylation is 1. The minimum atomic E-state index is 0.0989. The first-order valence-corrected chi connectivity index (χ1v) is 8.22. The fourth-order valence-corrected chi connectivity index (χ4v) is 3.06. The SMILES string of the molecule is C/C=C/C=C/C(=O)N1CCC(c2nc3ccc(C)cc3[nH]2)CC1. The molecule has 0 radical (unpaired) electrons. The molecule has 1 saturated heterocycles. The van der Waals surface area contributed by atoms with Crippen LogP contribution in [0.3, 0.4) is 0 Å². The number of H-pyrrole nitrogens is 1. The fourth-order valence-electron chi connectivity index (χ4n) is 3.06. The molecule has 1 aromatic heterocycles. The number of carbonyl (C=O) groups is 1. The van der Waals surface area contributed by atoms with Crippen molar-refractivity contribution in [1.29, 1.82) is 0 Å². The van der Waals surface area contributed by atoms with Gasteiger partial charge in [-0.2, -0.15) is 0 Å². The molecule has 1 aromatic carbocycles. The molecule has 1 fully saturated rings. The van der Waals surface area contributed by atoms with Crippen molar-refractivity contribution in [2.75, 3.05) is 13.1 Å². The highest BCUT2D eigenvalue weighted by molar-refractivity contribution is 5.88. The predicted octanol–water partition coefficient (Wildman–Crippen LogP) is 3.71. The molecule has 1 aliphatic rings. The van der Waals surface area contributed by atoms with E-state index in [0.717, 1.165) is 42.8 Å². The zero-order valence-electron chi connectivity index (χ0n) is 13.7. The molecule has 3 rings (SSSR count). The molecule has 0 bridgehead atoms. The maximum Gasteiger partial charge on any atom is 0.246 e. The fraction of sp³-hybridized carbons (Fsp3) is 0.368. The van der Waals surface area contributed by atoms with Gasteiger partial charge in [0.2, 0.25) is 5.91 Å². The van der Waals surface area contributed by atoms with Crippen LogP contribution < -0.4 is 0 Å². The van der Waals surface area contributed by atoms with Gasteiger partial charge >= 0.3 is 0 Å². The van der Waals surface area contributed by atoms with E-state index in [-0.39, 0.29) is 5.91 Å². The third-order valence-corrected chi connectivity index (χ3v) is 4.39. The van der Waals surface area contributed by atoms with E-state index in [0.29, 0.717) is 5.92 Å². The van der Waals surface area contributed by atoms with Crippen molar-refractivity contribution < 1.29 is 4.79 Å². The normalized spacial score (nSPS) is 16.9. The summed E-state index contributed by atoms with van der Waals surface area (Å²) >= 11 is 0. The van der Waals surface area contributed by atoms with Gasteiger partial charge in [0.15, 0.2) is 0 Å².